The Hall–Kier alpha value is -0.120. The van der Waals surface area contributed by atoms with E-state index in [2.05, 4.69) is 4.90 Å². The number of ether oxygens (including phenoxy) is 1. The van der Waals surface area contributed by atoms with E-state index >= 15 is 0 Å². The predicted molar refractivity (Wildman–Crippen MR) is 55.0 cm³/mol. The maximum Gasteiger partial charge on any atom is 0.0769 e. The lowest BCUT2D eigenvalue weighted by atomic mass is 9.63. The summed E-state index contributed by atoms with van der Waals surface area (Å²) in [4.78, 5) is 2.61. The molecular weight excluding hydrogens is 176 g/mol. The van der Waals surface area contributed by atoms with Crippen LogP contribution in [0.3, 0.4) is 0 Å². The first-order chi connectivity index (χ1) is 6.85. The molecule has 4 fully saturated rings. The van der Waals surface area contributed by atoms with Gasteiger partial charge in [0.1, 0.15) is 0 Å². The molecule has 0 radical (unpaired) electrons. The van der Waals surface area contributed by atoms with Crippen molar-refractivity contribution in [3.05, 3.63) is 0 Å². The highest BCUT2D eigenvalue weighted by atomic mass is 16.5. The smallest absolute Gasteiger partial charge is 0.0769 e. The zero-order valence-corrected chi connectivity index (χ0v) is 8.74. The van der Waals surface area contributed by atoms with Gasteiger partial charge in [-0.2, -0.15) is 0 Å². The minimum atomic E-state index is 0.343. The van der Waals surface area contributed by atoms with E-state index in [-0.39, 0.29) is 0 Å². The molecule has 3 heteroatoms. The summed E-state index contributed by atoms with van der Waals surface area (Å²) >= 11 is 0. The van der Waals surface area contributed by atoms with Gasteiger partial charge in [-0.15, -0.1) is 0 Å². The minimum Gasteiger partial charge on any atom is -0.376 e. The zero-order valence-electron chi connectivity index (χ0n) is 8.74. The van der Waals surface area contributed by atoms with Crippen molar-refractivity contribution in [2.24, 2.45) is 17.1 Å². The second kappa shape index (κ2) is 3.19. The van der Waals surface area contributed by atoms with Crippen LogP contribution in [-0.2, 0) is 4.74 Å². The van der Waals surface area contributed by atoms with Gasteiger partial charge >= 0.3 is 0 Å². The molecule has 0 aromatic rings. The molecule has 14 heavy (non-hydrogen) atoms. The van der Waals surface area contributed by atoms with Gasteiger partial charge in [0, 0.05) is 25.1 Å². The summed E-state index contributed by atoms with van der Waals surface area (Å²) in [6.45, 7) is 5.52. The largest absolute Gasteiger partial charge is 0.376 e. The monoisotopic (exact) mass is 196 g/mol. The number of nitrogens with two attached hydrogens (primary N) is 1. The number of hydrogen-bond acceptors (Lipinski definition) is 3. The summed E-state index contributed by atoms with van der Waals surface area (Å²) in [6, 6.07) is 0. The summed E-state index contributed by atoms with van der Waals surface area (Å²) in [5, 5.41) is 0. The summed E-state index contributed by atoms with van der Waals surface area (Å²) < 4.78 is 5.80. The summed E-state index contributed by atoms with van der Waals surface area (Å²) in [5.41, 5.74) is 6.26. The Morgan fingerprint density at radius 3 is 2.71 bits per heavy atom. The Balaban J connectivity index is 1.88. The Morgan fingerprint density at radius 1 is 1.36 bits per heavy atom. The van der Waals surface area contributed by atoms with Gasteiger partial charge in [-0.25, -0.2) is 0 Å². The molecule has 2 unspecified atom stereocenters. The highest BCUT2D eigenvalue weighted by Gasteiger charge is 2.53. The van der Waals surface area contributed by atoms with Crippen LogP contribution in [0, 0.1) is 11.3 Å². The third kappa shape index (κ3) is 1.09. The normalized spacial score (nSPS) is 51.6. The van der Waals surface area contributed by atoms with Gasteiger partial charge in [-0.3, -0.25) is 0 Å². The standard InChI is InChI=1S/C11H20N2O/c12-7-10-11(3-6-14-10)8-13-4-1-9(11)2-5-13/h9-10H,1-8,12H2. The molecule has 4 aliphatic heterocycles. The number of rotatable bonds is 1. The van der Waals surface area contributed by atoms with Gasteiger partial charge in [-0.1, -0.05) is 0 Å². The maximum absolute atomic E-state index is 5.83. The molecule has 4 saturated heterocycles. The van der Waals surface area contributed by atoms with Crippen LogP contribution >= 0.6 is 0 Å². The van der Waals surface area contributed by atoms with Crippen LogP contribution in [0.25, 0.3) is 0 Å². The van der Waals surface area contributed by atoms with Crippen molar-refractivity contribution in [2.75, 3.05) is 32.8 Å². The van der Waals surface area contributed by atoms with E-state index in [1.807, 2.05) is 0 Å². The third-order valence-corrected chi connectivity index (χ3v) is 4.66. The van der Waals surface area contributed by atoms with Gasteiger partial charge in [0.15, 0.2) is 0 Å². The van der Waals surface area contributed by atoms with Crippen molar-refractivity contribution in [3.8, 4) is 0 Å². The highest BCUT2D eigenvalue weighted by molar-refractivity contribution is 5.04. The predicted octanol–water partition coefficient (Wildman–Crippen LogP) is 0.446. The molecule has 0 aromatic carbocycles. The van der Waals surface area contributed by atoms with Crippen LogP contribution in [0.15, 0.2) is 0 Å². The first-order valence-electron chi connectivity index (χ1n) is 5.89. The van der Waals surface area contributed by atoms with Crippen LogP contribution in [0.1, 0.15) is 19.3 Å². The van der Waals surface area contributed by atoms with Gasteiger partial charge in [0.2, 0.25) is 0 Å². The Morgan fingerprint density at radius 2 is 2.14 bits per heavy atom. The van der Waals surface area contributed by atoms with Crippen LogP contribution in [0.2, 0.25) is 0 Å². The fourth-order valence-electron chi connectivity index (χ4n) is 3.88. The molecule has 0 aliphatic carbocycles. The molecule has 4 aliphatic rings. The van der Waals surface area contributed by atoms with E-state index in [4.69, 9.17) is 10.5 Å². The SMILES string of the molecule is NCC1OCCC12CN1CCC2CC1. The minimum absolute atomic E-state index is 0.343. The number of nitrogens with zero attached hydrogens (tertiary/aromatic N) is 1. The lowest BCUT2D eigenvalue weighted by Crippen LogP contribution is -2.59. The van der Waals surface area contributed by atoms with E-state index < -0.39 is 0 Å². The fourth-order valence-corrected chi connectivity index (χ4v) is 3.88. The topological polar surface area (TPSA) is 38.5 Å². The van der Waals surface area contributed by atoms with Gasteiger partial charge in [0.25, 0.3) is 0 Å². The van der Waals surface area contributed by atoms with Crippen molar-refractivity contribution in [2.45, 2.75) is 25.4 Å². The van der Waals surface area contributed by atoms with Crippen molar-refractivity contribution >= 4 is 0 Å². The molecule has 2 N–H and O–H groups in total. The molecule has 0 saturated carbocycles. The van der Waals surface area contributed by atoms with E-state index in [1.54, 1.807) is 0 Å². The number of fused-ring (bicyclic) bond motifs is 2. The molecule has 80 valence electrons. The molecule has 3 nitrogen and oxygen atoms in total. The number of hydrogen-bond donors (Lipinski definition) is 1. The molecule has 4 heterocycles. The molecule has 4 rings (SSSR count). The molecule has 1 spiro atoms. The van der Waals surface area contributed by atoms with Crippen LogP contribution < -0.4 is 5.73 Å². The van der Waals surface area contributed by atoms with Crippen LogP contribution in [0.5, 0.6) is 0 Å². The Labute approximate surface area is 85.6 Å². The lowest BCUT2D eigenvalue weighted by Gasteiger charge is -2.53. The molecule has 0 amide bonds. The molecule has 0 aromatic heterocycles. The average Bonchev–Trinajstić information content (AvgIpc) is 2.62. The average molecular weight is 196 g/mol. The summed E-state index contributed by atoms with van der Waals surface area (Å²) in [5.74, 6) is 0.892. The van der Waals surface area contributed by atoms with E-state index in [1.165, 1.54) is 38.9 Å². The van der Waals surface area contributed by atoms with E-state index in [0.29, 0.717) is 18.1 Å². The third-order valence-electron chi connectivity index (χ3n) is 4.66. The summed E-state index contributed by atoms with van der Waals surface area (Å²) in [6.07, 6.45) is 4.34. The van der Waals surface area contributed by atoms with Crippen molar-refractivity contribution in [1.29, 1.82) is 0 Å². The zero-order chi connectivity index (χ0) is 9.60. The van der Waals surface area contributed by atoms with Crippen molar-refractivity contribution in [3.63, 3.8) is 0 Å². The van der Waals surface area contributed by atoms with E-state index in [9.17, 15) is 0 Å². The van der Waals surface area contributed by atoms with Gasteiger partial charge < -0.3 is 15.4 Å². The summed E-state index contributed by atoms with van der Waals surface area (Å²) in [7, 11) is 0. The second-order valence-electron chi connectivity index (χ2n) is 5.13. The molecular formula is C11H20N2O. The fraction of sp³-hybridized carbons (Fsp3) is 1.00. The van der Waals surface area contributed by atoms with E-state index in [0.717, 1.165) is 12.5 Å². The van der Waals surface area contributed by atoms with Crippen LogP contribution in [0.4, 0.5) is 0 Å². The van der Waals surface area contributed by atoms with Crippen LogP contribution in [-0.4, -0.2) is 43.8 Å². The van der Waals surface area contributed by atoms with Gasteiger partial charge in [0.05, 0.1) is 6.10 Å². The molecule has 2 bridgehead atoms. The first kappa shape index (κ1) is 9.13. The van der Waals surface area contributed by atoms with Crippen molar-refractivity contribution in [1.82, 2.24) is 4.90 Å². The Kier molecular flexibility index (Phi) is 2.08. The highest BCUT2D eigenvalue weighted by Crippen LogP contribution is 2.50. The maximum atomic E-state index is 5.83. The van der Waals surface area contributed by atoms with Crippen molar-refractivity contribution < 1.29 is 4.74 Å². The first-order valence-corrected chi connectivity index (χ1v) is 5.89. The number of piperidine rings is 3. The Bertz CT molecular complexity index is 225. The van der Waals surface area contributed by atoms with Gasteiger partial charge in [-0.05, 0) is 38.3 Å². The second-order valence-corrected chi connectivity index (χ2v) is 5.13. The quantitative estimate of drug-likeness (QED) is 0.661. The lowest BCUT2D eigenvalue weighted by molar-refractivity contribution is -0.0710. The molecule has 2 atom stereocenters.